The molecule has 4 nitrogen and oxygen atoms in total. The van der Waals surface area contributed by atoms with E-state index in [1.54, 1.807) is 6.07 Å². The van der Waals surface area contributed by atoms with Gasteiger partial charge in [-0.3, -0.25) is 0 Å². The van der Waals surface area contributed by atoms with Gasteiger partial charge in [-0.25, -0.2) is 4.39 Å². The van der Waals surface area contributed by atoms with Crippen molar-refractivity contribution >= 4 is 5.69 Å². The van der Waals surface area contributed by atoms with Gasteiger partial charge in [-0.1, -0.05) is 35.5 Å². The third-order valence-corrected chi connectivity index (χ3v) is 3.24. The fourth-order valence-electron chi connectivity index (χ4n) is 2.13. The summed E-state index contributed by atoms with van der Waals surface area (Å²) in [5.41, 5.74) is 2.03. The summed E-state index contributed by atoms with van der Waals surface area (Å²) in [7, 11) is 0. The third-order valence-electron chi connectivity index (χ3n) is 3.24. The smallest absolute Gasteiger partial charge is 0.387 e. The van der Waals surface area contributed by atoms with Crippen LogP contribution in [0.2, 0.25) is 0 Å². The maximum Gasteiger partial charge on any atom is 0.387 e. The molecule has 0 spiro atoms. The minimum Gasteiger partial charge on any atom is -0.432 e. The average Bonchev–Trinajstić information content (AvgIpc) is 3.05. The SMILES string of the molecule is Fc1cc(NCc2cc(-c3ccccc3)no2)ccc1OC(F)F. The van der Waals surface area contributed by atoms with Gasteiger partial charge in [-0.2, -0.15) is 8.78 Å². The zero-order valence-electron chi connectivity index (χ0n) is 12.4. The molecule has 0 saturated carbocycles. The highest BCUT2D eigenvalue weighted by molar-refractivity contribution is 5.58. The topological polar surface area (TPSA) is 47.3 Å². The van der Waals surface area contributed by atoms with Gasteiger partial charge in [-0.05, 0) is 12.1 Å². The monoisotopic (exact) mass is 334 g/mol. The predicted molar refractivity (Wildman–Crippen MR) is 82.3 cm³/mol. The zero-order valence-corrected chi connectivity index (χ0v) is 12.4. The van der Waals surface area contributed by atoms with Crippen molar-refractivity contribution in [2.45, 2.75) is 13.2 Å². The number of aromatic nitrogens is 1. The zero-order chi connectivity index (χ0) is 16.9. The van der Waals surface area contributed by atoms with Gasteiger partial charge in [-0.15, -0.1) is 0 Å². The molecule has 0 aliphatic rings. The van der Waals surface area contributed by atoms with Crippen LogP contribution in [0.3, 0.4) is 0 Å². The summed E-state index contributed by atoms with van der Waals surface area (Å²) < 4.78 is 47.1. The number of nitrogens with zero attached hydrogens (tertiary/aromatic N) is 1. The van der Waals surface area contributed by atoms with Crippen LogP contribution in [-0.4, -0.2) is 11.8 Å². The van der Waals surface area contributed by atoms with Crippen LogP contribution in [0.1, 0.15) is 5.76 Å². The first-order valence-electron chi connectivity index (χ1n) is 7.11. The molecule has 0 amide bonds. The Kier molecular flexibility index (Phi) is 4.69. The maximum atomic E-state index is 13.6. The number of benzene rings is 2. The molecule has 0 radical (unpaired) electrons. The summed E-state index contributed by atoms with van der Waals surface area (Å²) in [5.74, 6) is -0.813. The molecule has 24 heavy (non-hydrogen) atoms. The van der Waals surface area contributed by atoms with Gasteiger partial charge < -0.3 is 14.6 Å². The predicted octanol–water partition coefficient (Wildman–Crippen LogP) is 4.69. The van der Waals surface area contributed by atoms with E-state index in [2.05, 4.69) is 15.2 Å². The van der Waals surface area contributed by atoms with Crippen LogP contribution in [0.4, 0.5) is 18.9 Å². The standard InChI is InChI=1S/C17H13F3N2O2/c18-14-8-12(6-7-16(14)23-17(19)20)21-10-13-9-15(22-24-13)11-4-2-1-3-5-11/h1-9,17,21H,10H2. The van der Waals surface area contributed by atoms with E-state index in [0.29, 0.717) is 17.1 Å². The number of halogens is 3. The molecule has 1 N–H and O–H groups in total. The summed E-state index contributed by atoms with van der Waals surface area (Å²) in [6.45, 7) is -2.79. The van der Waals surface area contributed by atoms with Gasteiger partial charge in [0.05, 0.1) is 6.54 Å². The van der Waals surface area contributed by atoms with E-state index in [1.165, 1.54) is 6.07 Å². The Morgan fingerprint density at radius 2 is 1.88 bits per heavy atom. The molecule has 3 rings (SSSR count). The Balaban J connectivity index is 1.64. The average molecular weight is 334 g/mol. The van der Waals surface area contributed by atoms with E-state index in [1.807, 2.05) is 30.3 Å². The van der Waals surface area contributed by atoms with Crippen molar-refractivity contribution in [1.29, 1.82) is 0 Å². The molecule has 7 heteroatoms. The van der Waals surface area contributed by atoms with E-state index in [4.69, 9.17) is 4.52 Å². The summed E-state index contributed by atoms with van der Waals surface area (Å²) in [6, 6.07) is 14.9. The first-order valence-corrected chi connectivity index (χ1v) is 7.11. The maximum absolute atomic E-state index is 13.6. The Bertz CT molecular complexity index is 807. The van der Waals surface area contributed by atoms with Crippen LogP contribution in [0.5, 0.6) is 5.75 Å². The molecule has 0 aliphatic heterocycles. The highest BCUT2D eigenvalue weighted by Crippen LogP contribution is 2.24. The van der Waals surface area contributed by atoms with Crippen molar-refractivity contribution in [2.75, 3.05) is 5.32 Å². The van der Waals surface area contributed by atoms with Crippen LogP contribution >= 0.6 is 0 Å². The number of rotatable bonds is 6. The van der Waals surface area contributed by atoms with Crippen molar-refractivity contribution in [3.05, 3.63) is 66.2 Å². The largest absolute Gasteiger partial charge is 0.432 e. The number of anilines is 1. The second-order valence-electron chi connectivity index (χ2n) is 4.92. The lowest BCUT2D eigenvalue weighted by Crippen LogP contribution is -2.04. The van der Waals surface area contributed by atoms with Gasteiger partial charge in [0.2, 0.25) is 0 Å². The van der Waals surface area contributed by atoms with E-state index in [-0.39, 0.29) is 6.54 Å². The molecule has 124 valence electrons. The first-order chi connectivity index (χ1) is 11.6. The van der Waals surface area contributed by atoms with Crippen LogP contribution in [-0.2, 0) is 6.54 Å². The fraction of sp³-hybridized carbons (Fsp3) is 0.118. The summed E-state index contributed by atoms with van der Waals surface area (Å²) in [4.78, 5) is 0. The van der Waals surface area contributed by atoms with Crippen molar-refractivity contribution in [3.63, 3.8) is 0 Å². The van der Waals surface area contributed by atoms with Gasteiger partial charge in [0, 0.05) is 23.4 Å². The molecular formula is C17H13F3N2O2. The van der Waals surface area contributed by atoms with E-state index >= 15 is 0 Å². The summed E-state index contributed by atoms with van der Waals surface area (Å²) in [5, 5.41) is 6.90. The van der Waals surface area contributed by atoms with Crippen LogP contribution in [0, 0.1) is 5.82 Å². The number of hydrogen-bond donors (Lipinski definition) is 1. The summed E-state index contributed by atoms with van der Waals surface area (Å²) in [6.07, 6.45) is 0. The van der Waals surface area contributed by atoms with E-state index in [9.17, 15) is 13.2 Å². The lowest BCUT2D eigenvalue weighted by atomic mass is 10.1. The van der Waals surface area contributed by atoms with Gasteiger partial charge >= 0.3 is 6.61 Å². The molecule has 0 fully saturated rings. The normalized spacial score (nSPS) is 10.8. The lowest BCUT2D eigenvalue weighted by Gasteiger charge is -2.08. The number of ether oxygens (including phenoxy) is 1. The van der Waals surface area contributed by atoms with Crippen molar-refractivity contribution in [1.82, 2.24) is 5.16 Å². The highest BCUT2D eigenvalue weighted by Gasteiger charge is 2.11. The van der Waals surface area contributed by atoms with Crippen molar-refractivity contribution in [3.8, 4) is 17.0 Å². The van der Waals surface area contributed by atoms with Crippen molar-refractivity contribution < 1.29 is 22.4 Å². The first kappa shape index (κ1) is 15.9. The quantitative estimate of drug-likeness (QED) is 0.710. The second kappa shape index (κ2) is 7.08. The Labute approximate surface area is 135 Å². The van der Waals surface area contributed by atoms with E-state index < -0.39 is 18.2 Å². The lowest BCUT2D eigenvalue weighted by molar-refractivity contribution is -0.0521. The minimum atomic E-state index is -3.07. The van der Waals surface area contributed by atoms with E-state index in [0.717, 1.165) is 17.7 Å². The van der Waals surface area contributed by atoms with Gasteiger partial charge in [0.15, 0.2) is 17.3 Å². The number of hydrogen-bond acceptors (Lipinski definition) is 4. The van der Waals surface area contributed by atoms with Gasteiger partial charge in [0.25, 0.3) is 0 Å². The molecule has 0 bridgehead atoms. The highest BCUT2D eigenvalue weighted by atomic mass is 19.3. The molecule has 1 aromatic heterocycles. The Hall–Kier alpha value is -2.96. The number of nitrogens with one attached hydrogen (secondary N) is 1. The number of alkyl halides is 2. The fourth-order valence-corrected chi connectivity index (χ4v) is 2.13. The van der Waals surface area contributed by atoms with Crippen LogP contribution in [0.25, 0.3) is 11.3 Å². The van der Waals surface area contributed by atoms with Crippen LogP contribution < -0.4 is 10.1 Å². The third kappa shape index (κ3) is 3.87. The molecule has 2 aromatic carbocycles. The molecule has 0 saturated heterocycles. The Morgan fingerprint density at radius 3 is 2.58 bits per heavy atom. The second-order valence-corrected chi connectivity index (χ2v) is 4.92. The van der Waals surface area contributed by atoms with Gasteiger partial charge in [0.1, 0.15) is 5.69 Å². The molecule has 0 unspecified atom stereocenters. The van der Waals surface area contributed by atoms with Crippen molar-refractivity contribution in [2.24, 2.45) is 0 Å². The molecular weight excluding hydrogens is 321 g/mol. The molecule has 0 aliphatic carbocycles. The molecule has 1 heterocycles. The molecule has 3 aromatic rings. The van der Waals surface area contributed by atoms with Crippen LogP contribution in [0.15, 0.2) is 59.1 Å². The summed E-state index contributed by atoms with van der Waals surface area (Å²) >= 11 is 0. The Morgan fingerprint density at radius 1 is 1.08 bits per heavy atom. The molecule has 0 atom stereocenters. The minimum absolute atomic E-state index is 0.272.